The van der Waals surface area contributed by atoms with Crippen LogP contribution in [0.5, 0.6) is 0 Å². The summed E-state index contributed by atoms with van der Waals surface area (Å²) in [7, 11) is 0. The van der Waals surface area contributed by atoms with Gasteiger partial charge < -0.3 is 10.1 Å². The van der Waals surface area contributed by atoms with Crippen molar-refractivity contribution in [3.63, 3.8) is 0 Å². The second-order valence-electron chi connectivity index (χ2n) is 4.17. The highest BCUT2D eigenvalue weighted by Crippen LogP contribution is 2.22. The summed E-state index contributed by atoms with van der Waals surface area (Å²) in [6, 6.07) is 0.0407. The number of carbonyl (C=O) groups is 1. The van der Waals surface area contributed by atoms with Gasteiger partial charge in [-0.1, -0.05) is 25.6 Å². The van der Waals surface area contributed by atoms with Gasteiger partial charge in [0.1, 0.15) is 6.04 Å². The Bertz CT molecular complexity index is 279. The molecule has 2 unspecified atom stereocenters. The highest BCUT2D eigenvalue weighted by molar-refractivity contribution is 8.14. The van der Waals surface area contributed by atoms with Crippen molar-refractivity contribution < 1.29 is 9.53 Å². The van der Waals surface area contributed by atoms with E-state index in [1.54, 1.807) is 25.6 Å². The van der Waals surface area contributed by atoms with E-state index in [-0.39, 0.29) is 12.0 Å². The zero-order chi connectivity index (χ0) is 12.1. The van der Waals surface area contributed by atoms with Crippen LogP contribution in [-0.2, 0) is 9.53 Å². The van der Waals surface area contributed by atoms with Crippen molar-refractivity contribution in [3.8, 4) is 0 Å². The van der Waals surface area contributed by atoms with E-state index in [4.69, 9.17) is 4.74 Å². The molecular formula is C11H20N2O2S. The molecular weight excluding hydrogens is 224 g/mol. The molecule has 0 saturated heterocycles. The van der Waals surface area contributed by atoms with Gasteiger partial charge in [-0.3, -0.25) is 4.99 Å². The molecule has 5 heteroatoms. The smallest absolute Gasteiger partial charge is 0.328 e. The lowest BCUT2D eigenvalue weighted by Gasteiger charge is -2.12. The molecule has 1 aliphatic heterocycles. The summed E-state index contributed by atoms with van der Waals surface area (Å²) in [4.78, 5) is 15.9. The van der Waals surface area contributed by atoms with Crippen molar-refractivity contribution in [2.24, 2.45) is 10.9 Å². The number of ether oxygens (including phenoxy) is 1. The Kier molecular flexibility index (Phi) is 5.12. The molecule has 1 aliphatic rings. The topological polar surface area (TPSA) is 50.7 Å². The van der Waals surface area contributed by atoms with Crippen molar-refractivity contribution in [2.75, 3.05) is 12.4 Å². The van der Waals surface area contributed by atoms with E-state index in [2.05, 4.69) is 24.2 Å². The Morgan fingerprint density at radius 3 is 2.81 bits per heavy atom. The first-order valence-corrected chi connectivity index (χ1v) is 6.67. The van der Waals surface area contributed by atoms with Crippen LogP contribution in [0.2, 0.25) is 0 Å². The third-order valence-electron chi connectivity index (χ3n) is 2.42. The molecule has 0 bridgehead atoms. The Morgan fingerprint density at radius 1 is 1.62 bits per heavy atom. The van der Waals surface area contributed by atoms with Gasteiger partial charge in [0.25, 0.3) is 0 Å². The summed E-state index contributed by atoms with van der Waals surface area (Å²) >= 11 is 1.67. The SMILES string of the molecule is CCOC(=O)C(C)NC1=NC(C(C)C)CS1. The first-order chi connectivity index (χ1) is 7.54. The van der Waals surface area contributed by atoms with Gasteiger partial charge >= 0.3 is 5.97 Å². The molecule has 0 aromatic rings. The van der Waals surface area contributed by atoms with Gasteiger partial charge in [-0.2, -0.15) is 0 Å². The lowest BCUT2D eigenvalue weighted by Crippen LogP contribution is -2.37. The quantitative estimate of drug-likeness (QED) is 0.764. The summed E-state index contributed by atoms with van der Waals surface area (Å²) in [5.74, 6) is 1.32. The number of amidine groups is 1. The largest absolute Gasteiger partial charge is 0.464 e. The summed E-state index contributed by atoms with van der Waals surface area (Å²) in [5, 5.41) is 3.95. The number of hydrogen-bond donors (Lipinski definition) is 1. The van der Waals surface area contributed by atoms with Gasteiger partial charge in [-0.05, 0) is 19.8 Å². The molecule has 0 spiro atoms. The molecule has 0 aromatic carbocycles. The van der Waals surface area contributed by atoms with Gasteiger partial charge in [0.05, 0.1) is 12.6 Å². The number of esters is 1. The minimum Gasteiger partial charge on any atom is -0.464 e. The summed E-state index contributed by atoms with van der Waals surface area (Å²) < 4.78 is 4.92. The van der Waals surface area contributed by atoms with Crippen LogP contribution in [0.15, 0.2) is 4.99 Å². The fourth-order valence-corrected chi connectivity index (χ4v) is 2.58. The molecule has 1 rings (SSSR count). The zero-order valence-corrected chi connectivity index (χ0v) is 11.1. The maximum atomic E-state index is 11.4. The van der Waals surface area contributed by atoms with Crippen LogP contribution in [0.1, 0.15) is 27.7 Å². The molecule has 1 N–H and O–H groups in total. The molecule has 0 fully saturated rings. The van der Waals surface area contributed by atoms with Crippen LogP contribution in [0, 0.1) is 5.92 Å². The van der Waals surface area contributed by atoms with Crippen LogP contribution in [-0.4, -0.2) is 35.6 Å². The number of carbonyl (C=O) groups excluding carboxylic acids is 1. The lowest BCUT2D eigenvalue weighted by atomic mass is 10.1. The molecule has 16 heavy (non-hydrogen) atoms. The fraction of sp³-hybridized carbons (Fsp3) is 0.818. The summed E-state index contributed by atoms with van der Waals surface area (Å²) in [5.41, 5.74) is 0. The molecule has 0 aliphatic carbocycles. The molecule has 92 valence electrons. The number of nitrogens with one attached hydrogen (secondary N) is 1. The van der Waals surface area contributed by atoms with Crippen molar-refractivity contribution in [2.45, 2.75) is 39.8 Å². The normalized spacial score (nSPS) is 21.8. The highest BCUT2D eigenvalue weighted by Gasteiger charge is 2.23. The minimum atomic E-state index is -0.322. The average Bonchev–Trinajstić information content (AvgIpc) is 2.66. The third-order valence-corrected chi connectivity index (χ3v) is 3.43. The number of hydrogen-bond acceptors (Lipinski definition) is 5. The molecule has 4 nitrogen and oxygen atoms in total. The third kappa shape index (κ3) is 3.70. The second-order valence-corrected chi connectivity index (χ2v) is 5.18. The molecule has 0 saturated carbocycles. The predicted octanol–water partition coefficient (Wildman–Crippen LogP) is 1.66. The van der Waals surface area contributed by atoms with Crippen molar-refractivity contribution >= 4 is 22.9 Å². The lowest BCUT2D eigenvalue weighted by molar-refractivity contribution is -0.144. The Balaban J connectivity index is 2.43. The van der Waals surface area contributed by atoms with E-state index in [1.165, 1.54) is 0 Å². The van der Waals surface area contributed by atoms with Crippen molar-refractivity contribution in [1.29, 1.82) is 0 Å². The monoisotopic (exact) mass is 244 g/mol. The summed E-state index contributed by atoms with van der Waals surface area (Å²) in [6.45, 7) is 8.34. The first-order valence-electron chi connectivity index (χ1n) is 5.68. The number of nitrogens with zero attached hydrogens (tertiary/aromatic N) is 1. The number of rotatable bonds is 4. The van der Waals surface area contributed by atoms with E-state index in [1.807, 2.05) is 0 Å². The molecule has 0 amide bonds. The first kappa shape index (κ1) is 13.4. The maximum absolute atomic E-state index is 11.4. The average molecular weight is 244 g/mol. The van der Waals surface area contributed by atoms with Gasteiger partial charge in [0.2, 0.25) is 0 Å². The Hall–Kier alpha value is -0.710. The van der Waals surface area contributed by atoms with Crippen molar-refractivity contribution in [1.82, 2.24) is 5.32 Å². The number of thioether (sulfide) groups is 1. The zero-order valence-electron chi connectivity index (χ0n) is 10.3. The van der Waals surface area contributed by atoms with Gasteiger partial charge in [-0.25, -0.2) is 4.79 Å². The van der Waals surface area contributed by atoms with E-state index >= 15 is 0 Å². The van der Waals surface area contributed by atoms with E-state index in [0.29, 0.717) is 18.6 Å². The second kappa shape index (κ2) is 6.13. The van der Waals surface area contributed by atoms with Crippen LogP contribution in [0.25, 0.3) is 0 Å². The molecule has 0 radical (unpaired) electrons. The highest BCUT2D eigenvalue weighted by atomic mass is 32.2. The molecule has 2 atom stereocenters. The number of aliphatic imine (C=N–C) groups is 1. The standard InChI is InChI=1S/C11H20N2O2S/c1-5-15-10(14)8(4)12-11-13-9(6-16-11)7(2)3/h7-9H,5-6H2,1-4H3,(H,12,13). The van der Waals surface area contributed by atoms with E-state index in [9.17, 15) is 4.79 Å². The molecule has 0 aromatic heterocycles. The fourth-order valence-electron chi connectivity index (χ4n) is 1.32. The van der Waals surface area contributed by atoms with Crippen LogP contribution in [0.4, 0.5) is 0 Å². The summed E-state index contributed by atoms with van der Waals surface area (Å²) in [6.07, 6.45) is 0. The minimum absolute atomic E-state index is 0.223. The van der Waals surface area contributed by atoms with Gasteiger partial charge in [-0.15, -0.1) is 0 Å². The van der Waals surface area contributed by atoms with Crippen molar-refractivity contribution in [3.05, 3.63) is 0 Å². The Morgan fingerprint density at radius 2 is 2.31 bits per heavy atom. The van der Waals surface area contributed by atoms with E-state index in [0.717, 1.165) is 10.9 Å². The van der Waals surface area contributed by atoms with Gasteiger partial charge in [0.15, 0.2) is 5.17 Å². The van der Waals surface area contributed by atoms with Crippen LogP contribution < -0.4 is 5.32 Å². The maximum Gasteiger partial charge on any atom is 0.328 e. The van der Waals surface area contributed by atoms with E-state index < -0.39 is 0 Å². The Labute approximate surface area is 101 Å². The van der Waals surface area contributed by atoms with Gasteiger partial charge in [0, 0.05) is 5.75 Å². The molecule has 1 heterocycles. The predicted molar refractivity (Wildman–Crippen MR) is 67.7 cm³/mol. The van der Waals surface area contributed by atoms with Crippen LogP contribution in [0.3, 0.4) is 0 Å². The van der Waals surface area contributed by atoms with Crippen LogP contribution >= 0.6 is 11.8 Å².